The van der Waals surface area contributed by atoms with Gasteiger partial charge in [0.05, 0.1) is 0 Å². The minimum atomic E-state index is 0.0433. The molecule has 1 aliphatic heterocycles. The monoisotopic (exact) mass is 350 g/mol. The highest BCUT2D eigenvalue weighted by Gasteiger charge is 2.51. The molecule has 26 heavy (non-hydrogen) atoms. The minimum Gasteiger partial charge on any atom is -0.338 e. The smallest absolute Gasteiger partial charge is 0.317 e. The van der Waals surface area contributed by atoms with E-state index in [2.05, 4.69) is 45.6 Å². The molecule has 4 rings (SSSR count). The fourth-order valence-corrected chi connectivity index (χ4v) is 4.35. The molecule has 2 amide bonds. The first-order chi connectivity index (χ1) is 12.7. The maximum Gasteiger partial charge on any atom is 0.317 e. The van der Waals surface area contributed by atoms with Crippen LogP contribution in [0.4, 0.5) is 4.79 Å². The number of rotatable bonds is 4. The van der Waals surface area contributed by atoms with Crippen LogP contribution in [0.25, 0.3) is 0 Å². The van der Waals surface area contributed by atoms with Crippen LogP contribution in [-0.4, -0.2) is 40.5 Å². The number of hydrogen-bond acceptors (Lipinski definition) is 3. The Bertz CT molecular complexity index is 755. The summed E-state index contributed by atoms with van der Waals surface area (Å²) in [5.41, 5.74) is 2.71. The largest absolute Gasteiger partial charge is 0.338 e. The van der Waals surface area contributed by atoms with Crippen molar-refractivity contribution in [3.8, 4) is 0 Å². The van der Waals surface area contributed by atoms with E-state index < -0.39 is 0 Å². The molecule has 1 saturated heterocycles. The molecule has 1 atom stereocenters. The number of likely N-dealkylation sites (tertiary alicyclic amines) is 1. The fraction of sp³-hybridized carbons (Fsp3) is 0.476. The number of amides is 2. The summed E-state index contributed by atoms with van der Waals surface area (Å²) < 4.78 is 0. The molecule has 0 radical (unpaired) electrons. The van der Waals surface area contributed by atoms with Crippen LogP contribution in [0.2, 0.25) is 0 Å². The number of hydrogen-bond donors (Lipinski definition) is 1. The van der Waals surface area contributed by atoms with Crippen molar-refractivity contribution in [3.63, 3.8) is 0 Å². The predicted octanol–water partition coefficient (Wildman–Crippen LogP) is 3.31. The SMILES string of the molecule is Cc1cnc(CCNC(=O)N2CC(c3ccccc3)C3(CCC3)C2)nc1. The van der Waals surface area contributed by atoms with Gasteiger partial charge < -0.3 is 10.2 Å². The molecule has 0 bridgehead atoms. The second-order valence-electron chi connectivity index (χ2n) is 7.72. The van der Waals surface area contributed by atoms with E-state index in [-0.39, 0.29) is 6.03 Å². The predicted molar refractivity (Wildman–Crippen MR) is 101 cm³/mol. The van der Waals surface area contributed by atoms with Crippen LogP contribution in [0.3, 0.4) is 0 Å². The lowest BCUT2D eigenvalue weighted by atomic mass is 9.61. The van der Waals surface area contributed by atoms with Crippen molar-refractivity contribution >= 4 is 6.03 Å². The first kappa shape index (κ1) is 17.0. The Balaban J connectivity index is 1.36. The normalized spacial score (nSPS) is 20.8. The molecule has 5 heteroatoms. The average molecular weight is 350 g/mol. The van der Waals surface area contributed by atoms with Gasteiger partial charge in [0.1, 0.15) is 5.82 Å². The van der Waals surface area contributed by atoms with E-state index in [0.717, 1.165) is 24.5 Å². The Labute approximate surface area is 154 Å². The molecule has 5 nitrogen and oxygen atoms in total. The van der Waals surface area contributed by atoms with Crippen LogP contribution in [-0.2, 0) is 6.42 Å². The summed E-state index contributed by atoms with van der Waals surface area (Å²) in [6.07, 6.45) is 8.03. The van der Waals surface area contributed by atoms with Gasteiger partial charge in [0.25, 0.3) is 0 Å². The lowest BCUT2D eigenvalue weighted by molar-refractivity contribution is 0.124. The van der Waals surface area contributed by atoms with Crippen molar-refractivity contribution in [1.29, 1.82) is 0 Å². The summed E-state index contributed by atoms with van der Waals surface area (Å²) in [5.74, 6) is 1.23. The summed E-state index contributed by atoms with van der Waals surface area (Å²) in [6.45, 7) is 4.23. The fourth-order valence-electron chi connectivity index (χ4n) is 4.35. The number of nitrogens with one attached hydrogen (secondary N) is 1. The Morgan fingerprint density at radius 2 is 1.96 bits per heavy atom. The Morgan fingerprint density at radius 1 is 1.23 bits per heavy atom. The van der Waals surface area contributed by atoms with Gasteiger partial charge in [-0.3, -0.25) is 0 Å². The van der Waals surface area contributed by atoms with Gasteiger partial charge in [0.15, 0.2) is 0 Å². The highest BCUT2D eigenvalue weighted by Crippen LogP contribution is 2.55. The van der Waals surface area contributed by atoms with Crippen LogP contribution in [0.5, 0.6) is 0 Å². The number of carbonyl (C=O) groups excluding carboxylic acids is 1. The van der Waals surface area contributed by atoms with Crippen molar-refractivity contribution in [1.82, 2.24) is 20.2 Å². The molecule has 1 aromatic heterocycles. The molecule has 2 heterocycles. The summed E-state index contributed by atoms with van der Waals surface area (Å²) in [4.78, 5) is 23.3. The first-order valence-corrected chi connectivity index (χ1v) is 9.52. The molecule has 2 aromatic rings. The van der Waals surface area contributed by atoms with Gasteiger partial charge in [-0.15, -0.1) is 0 Å². The third-order valence-corrected chi connectivity index (χ3v) is 5.95. The summed E-state index contributed by atoms with van der Waals surface area (Å²) in [7, 11) is 0. The Hall–Kier alpha value is -2.43. The molecule has 2 aliphatic rings. The summed E-state index contributed by atoms with van der Waals surface area (Å²) in [5, 5.41) is 3.05. The van der Waals surface area contributed by atoms with Gasteiger partial charge in [-0.05, 0) is 36.3 Å². The molecule has 1 unspecified atom stereocenters. The van der Waals surface area contributed by atoms with E-state index in [9.17, 15) is 4.79 Å². The van der Waals surface area contributed by atoms with E-state index in [0.29, 0.717) is 24.3 Å². The van der Waals surface area contributed by atoms with Gasteiger partial charge in [-0.2, -0.15) is 0 Å². The summed E-state index contributed by atoms with van der Waals surface area (Å²) >= 11 is 0. The second-order valence-corrected chi connectivity index (χ2v) is 7.72. The maximum absolute atomic E-state index is 12.7. The molecular weight excluding hydrogens is 324 g/mol. The summed E-state index contributed by atoms with van der Waals surface area (Å²) in [6, 6.07) is 10.7. The van der Waals surface area contributed by atoms with E-state index in [1.54, 1.807) is 0 Å². The number of aromatic nitrogens is 2. The van der Waals surface area contributed by atoms with E-state index in [1.165, 1.54) is 24.8 Å². The lowest BCUT2D eigenvalue weighted by Crippen LogP contribution is -2.42. The average Bonchev–Trinajstić information content (AvgIpc) is 3.06. The number of carbonyl (C=O) groups is 1. The number of benzene rings is 1. The van der Waals surface area contributed by atoms with Gasteiger partial charge in [-0.25, -0.2) is 14.8 Å². The zero-order valence-electron chi connectivity index (χ0n) is 15.3. The standard InChI is InChI=1S/C21H26N4O/c1-16-12-23-19(24-13-16)8-11-22-20(26)25-14-18(17-6-3-2-4-7-17)21(15-25)9-5-10-21/h2-4,6-7,12-13,18H,5,8-11,14-15H2,1H3,(H,22,26). The Morgan fingerprint density at radius 3 is 2.62 bits per heavy atom. The van der Waals surface area contributed by atoms with E-state index in [1.807, 2.05) is 24.2 Å². The van der Waals surface area contributed by atoms with Crippen LogP contribution >= 0.6 is 0 Å². The zero-order chi connectivity index (χ0) is 18.0. The molecule has 1 spiro atoms. The van der Waals surface area contributed by atoms with Gasteiger partial charge in [-0.1, -0.05) is 36.8 Å². The first-order valence-electron chi connectivity index (χ1n) is 9.52. The topological polar surface area (TPSA) is 58.1 Å². The van der Waals surface area contributed by atoms with Crippen molar-refractivity contribution < 1.29 is 4.79 Å². The quantitative estimate of drug-likeness (QED) is 0.920. The third-order valence-electron chi connectivity index (χ3n) is 5.95. The van der Waals surface area contributed by atoms with Crippen molar-refractivity contribution in [2.24, 2.45) is 5.41 Å². The third kappa shape index (κ3) is 3.30. The molecule has 1 saturated carbocycles. The van der Waals surface area contributed by atoms with Crippen LogP contribution in [0.1, 0.15) is 42.1 Å². The minimum absolute atomic E-state index is 0.0433. The second kappa shape index (κ2) is 7.06. The maximum atomic E-state index is 12.7. The molecule has 1 N–H and O–H groups in total. The van der Waals surface area contributed by atoms with Crippen molar-refractivity contribution in [2.45, 2.75) is 38.5 Å². The number of aryl methyl sites for hydroxylation is 1. The van der Waals surface area contributed by atoms with Crippen molar-refractivity contribution in [3.05, 3.63) is 59.7 Å². The molecule has 1 aromatic carbocycles. The molecule has 136 valence electrons. The van der Waals surface area contributed by atoms with Gasteiger partial charge in [0, 0.05) is 44.4 Å². The van der Waals surface area contributed by atoms with Crippen molar-refractivity contribution in [2.75, 3.05) is 19.6 Å². The lowest BCUT2D eigenvalue weighted by Gasteiger charge is -2.43. The Kier molecular flexibility index (Phi) is 4.62. The zero-order valence-corrected chi connectivity index (χ0v) is 15.3. The number of nitrogens with zero attached hydrogens (tertiary/aromatic N) is 3. The van der Waals surface area contributed by atoms with E-state index >= 15 is 0 Å². The van der Waals surface area contributed by atoms with Crippen LogP contribution in [0.15, 0.2) is 42.7 Å². The highest BCUT2D eigenvalue weighted by molar-refractivity contribution is 5.75. The van der Waals surface area contributed by atoms with Crippen LogP contribution in [0, 0.1) is 12.3 Å². The number of urea groups is 1. The molecular formula is C21H26N4O. The van der Waals surface area contributed by atoms with Gasteiger partial charge in [0.2, 0.25) is 0 Å². The van der Waals surface area contributed by atoms with Gasteiger partial charge >= 0.3 is 6.03 Å². The van der Waals surface area contributed by atoms with Crippen LogP contribution < -0.4 is 5.32 Å². The highest BCUT2D eigenvalue weighted by atomic mass is 16.2. The van der Waals surface area contributed by atoms with E-state index in [4.69, 9.17) is 0 Å². The molecule has 1 aliphatic carbocycles. The molecule has 2 fully saturated rings.